The number of carbonyl (C=O) groups is 1. The summed E-state index contributed by atoms with van der Waals surface area (Å²) in [5.41, 5.74) is 4.98. The molecule has 10 heavy (non-hydrogen) atoms. The average Bonchev–Trinajstić information content (AvgIpc) is 1.85. The Balaban J connectivity index is 3.40. The molecule has 0 aliphatic rings. The summed E-state index contributed by atoms with van der Waals surface area (Å²) in [4.78, 5) is 10.4. The first-order chi connectivity index (χ1) is 4.66. The zero-order valence-corrected chi connectivity index (χ0v) is 6.17. The fourth-order valence-corrected chi connectivity index (χ4v) is 0.564. The summed E-state index contributed by atoms with van der Waals surface area (Å²) < 4.78 is 23.9. The highest BCUT2D eigenvalue weighted by molar-refractivity contribution is 7.72. The quantitative estimate of drug-likeness (QED) is 0.391. The van der Waals surface area contributed by atoms with Crippen molar-refractivity contribution < 1.29 is 17.9 Å². The second kappa shape index (κ2) is 5.19. The molecule has 0 aliphatic heterocycles. The van der Waals surface area contributed by atoms with Crippen LogP contribution in [0.1, 0.15) is 6.42 Å². The third kappa shape index (κ3) is 5.52. The van der Waals surface area contributed by atoms with Gasteiger partial charge in [0.05, 0.1) is 6.42 Å². The second-order valence-electron chi connectivity index (χ2n) is 1.52. The van der Waals surface area contributed by atoms with Crippen molar-refractivity contribution in [3.05, 3.63) is 0 Å². The van der Waals surface area contributed by atoms with Crippen LogP contribution in [0.2, 0.25) is 0 Å². The van der Waals surface area contributed by atoms with Crippen molar-refractivity contribution in [2.75, 3.05) is 12.5 Å². The fourth-order valence-electron chi connectivity index (χ4n) is 0.315. The van der Waals surface area contributed by atoms with E-state index in [1.54, 1.807) is 0 Å². The van der Waals surface area contributed by atoms with Crippen molar-refractivity contribution in [3.63, 3.8) is 0 Å². The van der Waals surface area contributed by atoms with Crippen LogP contribution in [0.4, 0.5) is 0 Å². The molecular formula is C4H9NO4S. The number of carbonyl (C=O) groups excluding carboxylic acids is 1. The topological polar surface area (TPSA) is 86.5 Å². The fraction of sp³-hybridized carbons (Fsp3) is 0.750. The molecule has 0 saturated heterocycles. The van der Waals surface area contributed by atoms with E-state index in [0.717, 1.165) is 0 Å². The van der Waals surface area contributed by atoms with Crippen molar-refractivity contribution in [2.24, 2.45) is 5.73 Å². The van der Waals surface area contributed by atoms with Gasteiger partial charge in [0.25, 0.3) is 0 Å². The van der Waals surface area contributed by atoms with Crippen molar-refractivity contribution >= 4 is 16.7 Å². The molecule has 0 radical (unpaired) electrons. The number of rotatable bonds is 4. The van der Waals surface area contributed by atoms with E-state index in [1.807, 2.05) is 0 Å². The summed E-state index contributed by atoms with van der Waals surface area (Å²) in [5.74, 6) is -1.13. The summed E-state index contributed by atoms with van der Waals surface area (Å²) in [6, 6.07) is 0. The minimum atomic E-state index is -2.63. The number of nitrogens with two attached hydrogens (primary N) is 1. The van der Waals surface area contributed by atoms with Crippen molar-refractivity contribution in [1.82, 2.24) is 0 Å². The average molecular weight is 167 g/mol. The highest BCUT2D eigenvalue weighted by atomic mass is 32.2. The highest BCUT2D eigenvalue weighted by Gasteiger charge is 1.99. The van der Waals surface area contributed by atoms with Gasteiger partial charge in [-0.3, -0.25) is 4.79 Å². The number of esters is 1. The van der Waals surface area contributed by atoms with Crippen LogP contribution in [0, 0.1) is 0 Å². The molecule has 0 aliphatic carbocycles. The van der Waals surface area contributed by atoms with E-state index >= 15 is 0 Å². The van der Waals surface area contributed by atoms with Crippen molar-refractivity contribution in [1.29, 1.82) is 0 Å². The highest BCUT2D eigenvalue weighted by Crippen LogP contribution is 1.82. The van der Waals surface area contributed by atoms with Gasteiger partial charge in [0.2, 0.25) is 0 Å². The summed E-state index contributed by atoms with van der Waals surface area (Å²) in [6.07, 6.45) is 0.0587. The van der Waals surface area contributed by atoms with E-state index in [0.29, 0.717) is 0 Å². The molecule has 0 amide bonds. The number of hydrogen-bond donors (Lipinski definition) is 2. The van der Waals surface area contributed by atoms with Gasteiger partial charge in [-0.2, -0.15) is 0 Å². The SMILES string of the molecule is NCCC(=O)OC[SH](=O)=O. The molecule has 5 nitrogen and oxygen atoms in total. The largest absolute Gasteiger partial charge is 0.450 e. The first kappa shape index (κ1) is 9.38. The molecule has 0 atom stereocenters. The molecule has 0 unspecified atom stereocenters. The maximum atomic E-state index is 10.4. The molecule has 0 fully saturated rings. The number of thiol groups is 1. The van der Waals surface area contributed by atoms with E-state index in [2.05, 4.69) is 4.74 Å². The first-order valence-electron chi connectivity index (χ1n) is 2.64. The van der Waals surface area contributed by atoms with Gasteiger partial charge in [-0.15, -0.1) is 0 Å². The van der Waals surface area contributed by atoms with Crippen LogP contribution in [-0.2, 0) is 20.2 Å². The van der Waals surface area contributed by atoms with Crippen LogP contribution in [0.25, 0.3) is 0 Å². The van der Waals surface area contributed by atoms with Gasteiger partial charge < -0.3 is 10.5 Å². The predicted octanol–water partition coefficient (Wildman–Crippen LogP) is -1.55. The van der Waals surface area contributed by atoms with E-state index in [9.17, 15) is 13.2 Å². The Morgan fingerprint density at radius 1 is 1.50 bits per heavy atom. The van der Waals surface area contributed by atoms with Crippen LogP contribution in [0.3, 0.4) is 0 Å². The van der Waals surface area contributed by atoms with Crippen LogP contribution in [0.15, 0.2) is 0 Å². The molecule has 0 rings (SSSR count). The van der Waals surface area contributed by atoms with E-state index in [4.69, 9.17) is 5.73 Å². The molecule has 0 saturated carbocycles. The van der Waals surface area contributed by atoms with Gasteiger partial charge in [-0.25, -0.2) is 8.42 Å². The van der Waals surface area contributed by atoms with Gasteiger partial charge in [0.1, 0.15) is 0 Å². The number of ether oxygens (including phenoxy) is 1. The molecule has 60 valence electrons. The maximum Gasteiger partial charge on any atom is 0.308 e. The third-order valence-corrected chi connectivity index (χ3v) is 1.02. The smallest absolute Gasteiger partial charge is 0.308 e. The Bertz CT molecular complexity index is 168. The lowest BCUT2D eigenvalue weighted by Crippen LogP contribution is -2.12. The van der Waals surface area contributed by atoms with Gasteiger partial charge in [-0.1, -0.05) is 0 Å². The maximum absolute atomic E-state index is 10.4. The van der Waals surface area contributed by atoms with Gasteiger partial charge in [0.15, 0.2) is 16.6 Å². The summed E-state index contributed by atoms with van der Waals surface area (Å²) in [6.45, 7) is 0.175. The van der Waals surface area contributed by atoms with Crippen LogP contribution in [0.5, 0.6) is 0 Å². The summed E-state index contributed by atoms with van der Waals surface area (Å²) in [5, 5.41) is 0. The Morgan fingerprint density at radius 2 is 2.10 bits per heavy atom. The molecule has 0 aromatic carbocycles. The van der Waals surface area contributed by atoms with E-state index in [1.165, 1.54) is 0 Å². The minimum absolute atomic E-state index is 0.0587. The molecule has 0 heterocycles. The molecule has 0 aromatic heterocycles. The minimum Gasteiger partial charge on any atom is -0.450 e. The summed E-state index contributed by atoms with van der Waals surface area (Å²) in [7, 11) is -2.63. The van der Waals surface area contributed by atoms with Crippen LogP contribution >= 0.6 is 0 Å². The lowest BCUT2D eigenvalue weighted by atomic mass is 10.4. The van der Waals surface area contributed by atoms with Gasteiger partial charge in [-0.05, 0) is 0 Å². The summed E-state index contributed by atoms with van der Waals surface area (Å²) >= 11 is 0. The Hall–Kier alpha value is -0.620. The van der Waals surface area contributed by atoms with Crippen molar-refractivity contribution in [3.8, 4) is 0 Å². The Morgan fingerprint density at radius 3 is 2.50 bits per heavy atom. The number of hydrogen-bond acceptors (Lipinski definition) is 5. The molecule has 0 spiro atoms. The first-order valence-corrected chi connectivity index (χ1v) is 4.00. The third-order valence-electron chi connectivity index (χ3n) is 0.679. The van der Waals surface area contributed by atoms with Gasteiger partial charge >= 0.3 is 5.97 Å². The van der Waals surface area contributed by atoms with E-state index in [-0.39, 0.29) is 13.0 Å². The molecule has 2 N–H and O–H groups in total. The lowest BCUT2D eigenvalue weighted by molar-refractivity contribution is -0.141. The van der Waals surface area contributed by atoms with Crippen LogP contribution < -0.4 is 5.73 Å². The molecular weight excluding hydrogens is 158 g/mol. The lowest BCUT2D eigenvalue weighted by Gasteiger charge is -1.96. The molecule has 0 aromatic rings. The Labute approximate surface area is 60.1 Å². The zero-order valence-electron chi connectivity index (χ0n) is 5.28. The molecule has 0 bridgehead atoms. The normalized spacial score (nSPS) is 9.80. The van der Waals surface area contributed by atoms with Crippen molar-refractivity contribution in [2.45, 2.75) is 6.42 Å². The Kier molecular flexibility index (Phi) is 4.87. The van der Waals surface area contributed by atoms with E-state index < -0.39 is 22.6 Å². The zero-order chi connectivity index (χ0) is 7.98. The van der Waals surface area contributed by atoms with Gasteiger partial charge in [0, 0.05) is 6.54 Å². The van der Waals surface area contributed by atoms with Crippen LogP contribution in [-0.4, -0.2) is 26.9 Å². The monoisotopic (exact) mass is 167 g/mol. The standard InChI is InChI=1S/C4H9NO4S/c5-2-1-4(6)9-3-10(7)8/h10H,1-3,5H2. The molecule has 6 heteroatoms. The predicted molar refractivity (Wildman–Crippen MR) is 34.9 cm³/mol. The second-order valence-corrected chi connectivity index (χ2v) is 2.44.